The summed E-state index contributed by atoms with van der Waals surface area (Å²) in [7, 11) is 1.62. The lowest BCUT2D eigenvalue weighted by Gasteiger charge is -2.22. The zero-order valence-electron chi connectivity index (χ0n) is 11.4. The number of rotatable bonds is 7. The lowest BCUT2D eigenvalue weighted by molar-refractivity contribution is -0.119. The number of amides is 1. The maximum atomic E-state index is 11.7. The van der Waals surface area contributed by atoms with Gasteiger partial charge in [-0.1, -0.05) is 12.1 Å². The van der Waals surface area contributed by atoms with Gasteiger partial charge in [0.25, 0.3) is 0 Å². The standard InChI is InChI=1S/C14H22N2O2/c1-4-16(11-14(17)15-8-9-18-3)13-7-5-6-12(2)10-13/h5-7,10H,4,8-9,11H2,1-3H3,(H,15,17). The fourth-order valence-corrected chi connectivity index (χ4v) is 1.73. The Morgan fingerprint density at radius 1 is 1.44 bits per heavy atom. The first-order valence-electron chi connectivity index (χ1n) is 6.24. The van der Waals surface area contributed by atoms with Crippen molar-refractivity contribution in [2.75, 3.05) is 38.3 Å². The number of methoxy groups -OCH3 is 1. The summed E-state index contributed by atoms with van der Waals surface area (Å²) in [5, 5.41) is 2.83. The smallest absolute Gasteiger partial charge is 0.239 e. The van der Waals surface area contributed by atoms with Crippen LogP contribution in [0.1, 0.15) is 12.5 Å². The van der Waals surface area contributed by atoms with E-state index in [1.807, 2.05) is 19.1 Å². The van der Waals surface area contributed by atoms with Gasteiger partial charge in [0.1, 0.15) is 0 Å². The van der Waals surface area contributed by atoms with E-state index >= 15 is 0 Å². The normalized spacial score (nSPS) is 10.2. The molecule has 1 amide bonds. The third kappa shape index (κ3) is 4.75. The summed E-state index contributed by atoms with van der Waals surface area (Å²) in [6.07, 6.45) is 0. The van der Waals surface area contributed by atoms with Crippen LogP contribution >= 0.6 is 0 Å². The molecule has 0 saturated heterocycles. The first kappa shape index (κ1) is 14.5. The Labute approximate surface area is 109 Å². The van der Waals surface area contributed by atoms with Crippen molar-refractivity contribution >= 4 is 11.6 Å². The lowest BCUT2D eigenvalue weighted by Crippen LogP contribution is -2.38. The van der Waals surface area contributed by atoms with Crippen molar-refractivity contribution in [1.82, 2.24) is 5.32 Å². The Morgan fingerprint density at radius 2 is 2.22 bits per heavy atom. The topological polar surface area (TPSA) is 41.6 Å². The number of anilines is 1. The number of benzene rings is 1. The Hall–Kier alpha value is -1.55. The Bertz CT molecular complexity index is 380. The minimum Gasteiger partial charge on any atom is -0.383 e. The van der Waals surface area contributed by atoms with Crippen LogP contribution in [0, 0.1) is 6.92 Å². The van der Waals surface area contributed by atoms with Crippen molar-refractivity contribution in [3.05, 3.63) is 29.8 Å². The van der Waals surface area contributed by atoms with E-state index in [-0.39, 0.29) is 5.91 Å². The molecule has 4 nitrogen and oxygen atoms in total. The fraction of sp³-hybridized carbons (Fsp3) is 0.500. The van der Waals surface area contributed by atoms with E-state index in [1.165, 1.54) is 5.56 Å². The summed E-state index contributed by atoms with van der Waals surface area (Å²) >= 11 is 0. The second-order valence-corrected chi connectivity index (χ2v) is 4.20. The molecule has 18 heavy (non-hydrogen) atoms. The molecule has 1 rings (SSSR count). The predicted octanol–water partition coefficient (Wildman–Crippen LogP) is 1.58. The number of hydrogen-bond donors (Lipinski definition) is 1. The first-order valence-corrected chi connectivity index (χ1v) is 6.24. The molecule has 0 aliphatic heterocycles. The van der Waals surface area contributed by atoms with Gasteiger partial charge in [-0.15, -0.1) is 0 Å². The molecule has 0 saturated carbocycles. The summed E-state index contributed by atoms with van der Waals surface area (Å²) in [6.45, 7) is 6.38. The van der Waals surface area contributed by atoms with E-state index in [0.29, 0.717) is 19.7 Å². The second kappa shape index (κ2) is 7.71. The zero-order chi connectivity index (χ0) is 13.4. The van der Waals surface area contributed by atoms with Crippen LogP contribution in [0.25, 0.3) is 0 Å². The van der Waals surface area contributed by atoms with Crippen molar-refractivity contribution < 1.29 is 9.53 Å². The molecule has 0 fully saturated rings. The quantitative estimate of drug-likeness (QED) is 0.747. The fourth-order valence-electron chi connectivity index (χ4n) is 1.73. The van der Waals surface area contributed by atoms with E-state index in [2.05, 4.69) is 29.3 Å². The van der Waals surface area contributed by atoms with Gasteiger partial charge in [0.2, 0.25) is 5.91 Å². The van der Waals surface area contributed by atoms with Crippen molar-refractivity contribution in [2.24, 2.45) is 0 Å². The van der Waals surface area contributed by atoms with Crippen LogP contribution in [-0.4, -0.2) is 39.3 Å². The highest BCUT2D eigenvalue weighted by Crippen LogP contribution is 2.15. The van der Waals surface area contributed by atoms with E-state index in [4.69, 9.17) is 4.74 Å². The summed E-state index contributed by atoms with van der Waals surface area (Å²) in [5.41, 5.74) is 2.28. The monoisotopic (exact) mass is 250 g/mol. The van der Waals surface area contributed by atoms with Gasteiger partial charge in [-0.25, -0.2) is 0 Å². The van der Waals surface area contributed by atoms with Crippen LogP contribution in [0.4, 0.5) is 5.69 Å². The van der Waals surface area contributed by atoms with Crippen LogP contribution in [0.2, 0.25) is 0 Å². The lowest BCUT2D eigenvalue weighted by atomic mass is 10.2. The summed E-state index contributed by atoms with van der Waals surface area (Å²) in [5.74, 6) is 0.0235. The molecule has 0 bridgehead atoms. The zero-order valence-corrected chi connectivity index (χ0v) is 11.4. The maximum Gasteiger partial charge on any atom is 0.239 e. The van der Waals surface area contributed by atoms with Gasteiger partial charge in [-0.3, -0.25) is 4.79 Å². The molecule has 1 aromatic rings. The number of aryl methyl sites for hydroxylation is 1. The van der Waals surface area contributed by atoms with Crippen molar-refractivity contribution in [2.45, 2.75) is 13.8 Å². The molecule has 4 heteroatoms. The number of carbonyl (C=O) groups is 1. The minimum absolute atomic E-state index is 0.0235. The molecule has 0 heterocycles. The van der Waals surface area contributed by atoms with Crippen LogP contribution in [0.5, 0.6) is 0 Å². The van der Waals surface area contributed by atoms with Crippen LogP contribution in [-0.2, 0) is 9.53 Å². The minimum atomic E-state index is 0.0235. The van der Waals surface area contributed by atoms with Crippen LogP contribution < -0.4 is 10.2 Å². The summed E-state index contributed by atoms with van der Waals surface area (Å²) in [6, 6.07) is 8.18. The predicted molar refractivity (Wildman–Crippen MR) is 74.0 cm³/mol. The number of nitrogens with one attached hydrogen (secondary N) is 1. The molecule has 0 radical (unpaired) electrons. The van der Waals surface area contributed by atoms with E-state index in [1.54, 1.807) is 7.11 Å². The molecule has 0 spiro atoms. The highest BCUT2D eigenvalue weighted by Gasteiger charge is 2.09. The van der Waals surface area contributed by atoms with Gasteiger partial charge in [0.15, 0.2) is 0 Å². The summed E-state index contributed by atoms with van der Waals surface area (Å²) in [4.78, 5) is 13.8. The number of nitrogens with zero attached hydrogens (tertiary/aromatic N) is 1. The van der Waals surface area contributed by atoms with Gasteiger partial charge >= 0.3 is 0 Å². The molecular formula is C14H22N2O2. The average Bonchev–Trinajstić information content (AvgIpc) is 2.36. The van der Waals surface area contributed by atoms with E-state index in [9.17, 15) is 4.79 Å². The molecule has 0 aliphatic carbocycles. The van der Waals surface area contributed by atoms with Gasteiger partial charge < -0.3 is 15.0 Å². The summed E-state index contributed by atoms with van der Waals surface area (Å²) < 4.78 is 4.90. The Balaban J connectivity index is 2.54. The number of carbonyl (C=O) groups excluding carboxylic acids is 1. The number of likely N-dealkylation sites (N-methyl/N-ethyl adjacent to an activating group) is 1. The molecule has 0 unspecified atom stereocenters. The van der Waals surface area contributed by atoms with Gasteiger partial charge in [0, 0.05) is 25.9 Å². The molecule has 0 atom stereocenters. The van der Waals surface area contributed by atoms with E-state index < -0.39 is 0 Å². The molecule has 100 valence electrons. The maximum absolute atomic E-state index is 11.7. The average molecular weight is 250 g/mol. The SMILES string of the molecule is CCN(CC(=O)NCCOC)c1cccc(C)c1. The van der Waals surface area contributed by atoms with Crippen molar-refractivity contribution in [1.29, 1.82) is 0 Å². The largest absolute Gasteiger partial charge is 0.383 e. The first-order chi connectivity index (χ1) is 8.67. The second-order valence-electron chi connectivity index (χ2n) is 4.20. The number of hydrogen-bond acceptors (Lipinski definition) is 3. The number of ether oxygens (including phenoxy) is 1. The molecule has 1 N–H and O–H groups in total. The highest BCUT2D eigenvalue weighted by atomic mass is 16.5. The molecular weight excluding hydrogens is 228 g/mol. The van der Waals surface area contributed by atoms with E-state index in [0.717, 1.165) is 12.2 Å². The molecule has 1 aromatic carbocycles. The van der Waals surface area contributed by atoms with Crippen molar-refractivity contribution in [3.63, 3.8) is 0 Å². The van der Waals surface area contributed by atoms with Crippen LogP contribution in [0.3, 0.4) is 0 Å². The van der Waals surface area contributed by atoms with Gasteiger partial charge in [-0.05, 0) is 31.5 Å². The van der Waals surface area contributed by atoms with Crippen LogP contribution in [0.15, 0.2) is 24.3 Å². The third-order valence-corrected chi connectivity index (χ3v) is 2.71. The van der Waals surface area contributed by atoms with Gasteiger partial charge in [0.05, 0.1) is 13.2 Å². The van der Waals surface area contributed by atoms with Crippen molar-refractivity contribution in [3.8, 4) is 0 Å². The third-order valence-electron chi connectivity index (χ3n) is 2.71. The Kier molecular flexibility index (Phi) is 6.22. The highest BCUT2D eigenvalue weighted by molar-refractivity contribution is 5.81. The molecule has 0 aromatic heterocycles. The molecule has 0 aliphatic rings. The van der Waals surface area contributed by atoms with Gasteiger partial charge in [-0.2, -0.15) is 0 Å². The Morgan fingerprint density at radius 3 is 2.83 bits per heavy atom.